The van der Waals surface area contributed by atoms with Gasteiger partial charge < -0.3 is 5.32 Å². The lowest BCUT2D eigenvalue weighted by Crippen LogP contribution is -1.94. The Balaban J connectivity index is 2.28. The molecule has 0 amide bonds. The fourth-order valence-electron chi connectivity index (χ4n) is 1.31. The predicted molar refractivity (Wildman–Crippen MR) is 59.3 cm³/mol. The Hall–Kier alpha value is -2.16. The summed E-state index contributed by atoms with van der Waals surface area (Å²) < 4.78 is 0. The maximum atomic E-state index is 10.8. The van der Waals surface area contributed by atoms with Crippen LogP contribution in [0.25, 0.3) is 0 Å². The first kappa shape index (κ1) is 9.40. The van der Waals surface area contributed by atoms with Crippen LogP contribution in [-0.2, 0) is 0 Å². The van der Waals surface area contributed by atoms with Crippen molar-refractivity contribution < 1.29 is 4.79 Å². The Labute approximate surface area is 87.8 Å². The molecule has 2 rings (SSSR count). The van der Waals surface area contributed by atoms with E-state index in [2.05, 4.69) is 10.3 Å². The third kappa shape index (κ3) is 2.20. The number of pyridine rings is 1. The van der Waals surface area contributed by atoms with Crippen LogP contribution in [0.4, 0.5) is 11.4 Å². The number of carbonyl (C=O) groups is 1. The van der Waals surface area contributed by atoms with Gasteiger partial charge in [-0.1, -0.05) is 12.1 Å². The standard InChI is InChI=1S/C12H10N2O/c15-9-10-4-1-2-6-12(10)14-11-5-3-7-13-8-11/h1-9,14H. The molecule has 0 aliphatic carbocycles. The zero-order chi connectivity index (χ0) is 10.5. The molecule has 1 aromatic carbocycles. The number of aldehydes is 1. The molecule has 2 aromatic rings. The van der Waals surface area contributed by atoms with Crippen molar-refractivity contribution in [2.45, 2.75) is 0 Å². The lowest BCUT2D eigenvalue weighted by Gasteiger charge is -2.07. The first-order chi connectivity index (χ1) is 7.40. The smallest absolute Gasteiger partial charge is 0.152 e. The number of carbonyl (C=O) groups excluding carboxylic acids is 1. The average Bonchev–Trinajstić information content (AvgIpc) is 2.31. The summed E-state index contributed by atoms with van der Waals surface area (Å²) in [5.41, 5.74) is 2.30. The molecular weight excluding hydrogens is 188 g/mol. The maximum Gasteiger partial charge on any atom is 0.152 e. The number of nitrogens with one attached hydrogen (secondary N) is 1. The monoisotopic (exact) mass is 198 g/mol. The Morgan fingerprint density at radius 3 is 2.73 bits per heavy atom. The average molecular weight is 198 g/mol. The van der Waals surface area contributed by atoms with Gasteiger partial charge in [0.25, 0.3) is 0 Å². The van der Waals surface area contributed by atoms with Gasteiger partial charge in [-0.15, -0.1) is 0 Å². The first-order valence-corrected chi connectivity index (χ1v) is 4.61. The highest BCUT2D eigenvalue weighted by molar-refractivity contribution is 5.85. The number of nitrogens with zero attached hydrogens (tertiary/aromatic N) is 1. The number of para-hydroxylation sites is 1. The van der Waals surface area contributed by atoms with Crippen molar-refractivity contribution in [1.29, 1.82) is 0 Å². The van der Waals surface area contributed by atoms with Crippen LogP contribution in [-0.4, -0.2) is 11.3 Å². The number of hydrogen-bond donors (Lipinski definition) is 1. The van der Waals surface area contributed by atoms with Crippen LogP contribution in [0.5, 0.6) is 0 Å². The Morgan fingerprint density at radius 2 is 2.00 bits per heavy atom. The molecule has 74 valence electrons. The van der Waals surface area contributed by atoms with Gasteiger partial charge >= 0.3 is 0 Å². The molecule has 0 saturated heterocycles. The zero-order valence-corrected chi connectivity index (χ0v) is 8.05. The summed E-state index contributed by atoms with van der Waals surface area (Å²) in [6.07, 6.45) is 4.25. The predicted octanol–water partition coefficient (Wildman–Crippen LogP) is 2.64. The van der Waals surface area contributed by atoms with Gasteiger partial charge in [0, 0.05) is 17.4 Å². The van der Waals surface area contributed by atoms with Gasteiger partial charge in [-0.2, -0.15) is 0 Å². The van der Waals surface area contributed by atoms with Gasteiger partial charge in [0.2, 0.25) is 0 Å². The minimum Gasteiger partial charge on any atom is -0.354 e. The molecule has 0 radical (unpaired) electrons. The van der Waals surface area contributed by atoms with Gasteiger partial charge in [0.15, 0.2) is 6.29 Å². The van der Waals surface area contributed by atoms with E-state index in [1.165, 1.54) is 0 Å². The number of aromatic nitrogens is 1. The first-order valence-electron chi connectivity index (χ1n) is 4.61. The fourth-order valence-corrected chi connectivity index (χ4v) is 1.31. The summed E-state index contributed by atoms with van der Waals surface area (Å²) in [6, 6.07) is 11.1. The molecule has 15 heavy (non-hydrogen) atoms. The number of hydrogen-bond acceptors (Lipinski definition) is 3. The molecule has 1 heterocycles. The van der Waals surface area contributed by atoms with Crippen molar-refractivity contribution in [1.82, 2.24) is 4.98 Å². The molecule has 0 spiro atoms. The van der Waals surface area contributed by atoms with Crippen molar-refractivity contribution in [3.8, 4) is 0 Å². The van der Waals surface area contributed by atoms with Gasteiger partial charge in [-0.05, 0) is 24.3 Å². The fraction of sp³-hybridized carbons (Fsp3) is 0. The zero-order valence-electron chi connectivity index (χ0n) is 8.05. The summed E-state index contributed by atoms with van der Waals surface area (Å²) in [5, 5.41) is 3.13. The van der Waals surface area contributed by atoms with E-state index in [1.807, 2.05) is 30.3 Å². The Bertz CT molecular complexity index is 454. The second-order valence-electron chi connectivity index (χ2n) is 3.07. The summed E-state index contributed by atoms with van der Waals surface area (Å²) in [4.78, 5) is 14.7. The van der Waals surface area contributed by atoms with Crippen LogP contribution in [0.1, 0.15) is 10.4 Å². The van der Waals surface area contributed by atoms with Crippen LogP contribution in [0.2, 0.25) is 0 Å². The lowest BCUT2D eigenvalue weighted by atomic mass is 10.2. The van der Waals surface area contributed by atoms with Gasteiger partial charge in [0.05, 0.1) is 11.9 Å². The second kappa shape index (κ2) is 4.37. The molecule has 1 N–H and O–H groups in total. The second-order valence-corrected chi connectivity index (χ2v) is 3.07. The normalized spacial score (nSPS) is 9.60. The largest absolute Gasteiger partial charge is 0.354 e. The molecule has 3 heteroatoms. The molecule has 0 aliphatic rings. The van der Waals surface area contributed by atoms with Crippen LogP contribution in [0.15, 0.2) is 48.8 Å². The van der Waals surface area contributed by atoms with E-state index >= 15 is 0 Å². The lowest BCUT2D eigenvalue weighted by molar-refractivity contribution is 0.112. The van der Waals surface area contributed by atoms with Crippen molar-refractivity contribution in [2.75, 3.05) is 5.32 Å². The molecule has 0 atom stereocenters. The number of anilines is 2. The molecule has 1 aromatic heterocycles. The summed E-state index contributed by atoms with van der Waals surface area (Å²) >= 11 is 0. The van der Waals surface area contributed by atoms with Crippen LogP contribution in [0.3, 0.4) is 0 Å². The van der Waals surface area contributed by atoms with Crippen molar-refractivity contribution >= 4 is 17.7 Å². The molecule has 3 nitrogen and oxygen atoms in total. The Morgan fingerprint density at radius 1 is 1.13 bits per heavy atom. The minimum atomic E-state index is 0.640. The van der Waals surface area contributed by atoms with Crippen molar-refractivity contribution in [2.24, 2.45) is 0 Å². The van der Waals surface area contributed by atoms with Crippen LogP contribution < -0.4 is 5.32 Å². The summed E-state index contributed by atoms with van der Waals surface area (Å²) in [7, 11) is 0. The molecular formula is C12H10N2O. The minimum absolute atomic E-state index is 0.640. The highest BCUT2D eigenvalue weighted by Gasteiger charge is 1.99. The van der Waals surface area contributed by atoms with Gasteiger partial charge in [0.1, 0.15) is 0 Å². The number of rotatable bonds is 3. The van der Waals surface area contributed by atoms with E-state index in [-0.39, 0.29) is 0 Å². The van der Waals surface area contributed by atoms with Crippen LogP contribution >= 0.6 is 0 Å². The maximum absolute atomic E-state index is 10.8. The third-order valence-corrected chi connectivity index (χ3v) is 2.03. The highest BCUT2D eigenvalue weighted by Crippen LogP contribution is 2.18. The molecule has 0 unspecified atom stereocenters. The van der Waals surface area contributed by atoms with Crippen LogP contribution in [0, 0.1) is 0 Å². The molecule has 0 bridgehead atoms. The van der Waals surface area contributed by atoms with E-state index in [9.17, 15) is 4.79 Å². The SMILES string of the molecule is O=Cc1ccccc1Nc1cccnc1. The van der Waals surface area contributed by atoms with E-state index in [0.29, 0.717) is 5.56 Å². The summed E-state index contributed by atoms with van der Waals surface area (Å²) in [5.74, 6) is 0. The quantitative estimate of drug-likeness (QED) is 0.771. The highest BCUT2D eigenvalue weighted by atomic mass is 16.1. The van der Waals surface area contributed by atoms with Gasteiger partial charge in [-0.3, -0.25) is 9.78 Å². The molecule has 0 fully saturated rings. The molecule has 0 aliphatic heterocycles. The third-order valence-electron chi connectivity index (χ3n) is 2.03. The van der Waals surface area contributed by atoms with E-state index < -0.39 is 0 Å². The van der Waals surface area contributed by atoms with Gasteiger partial charge in [-0.25, -0.2) is 0 Å². The van der Waals surface area contributed by atoms with E-state index in [1.54, 1.807) is 18.5 Å². The van der Waals surface area contributed by atoms with E-state index in [0.717, 1.165) is 17.7 Å². The topological polar surface area (TPSA) is 42.0 Å². The Kier molecular flexibility index (Phi) is 2.74. The number of benzene rings is 1. The van der Waals surface area contributed by atoms with Crippen molar-refractivity contribution in [3.05, 3.63) is 54.4 Å². The van der Waals surface area contributed by atoms with Crippen molar-refractivity contribution in [3.63, 3.8) is 0 Å². The summed E-state index contributed by atoms with van der Waals surface area (Å²) in [6.45, 7) is 0. The molecule has 0 saturated carbocycles. The van der Waals surface area contributed by atoms with E-state index in [4.69, 9.17) is 0 Å².